The van der Waals surface area contributed by atoms with Crippen molar-refractivity contribution in [3.05, 3.63) is 56.3 Å². The lowest BCUT2D eigenvalue weighted by Gasteiger charge is -2.19. The first-order valence-electron chi connectivity index (χ1n) is 8.49. The molecule has 132 valence electrons. The van der Waals surface area contributed by atoms with Gasteiger partial charge in [-0.1, -0.05) is 19.9 Å². The number of H-pyrrole nitrogens is 1. The number of rotatable bonds is 4. The number of hydrogen-bond donors (Lipinski definition) is 3. The lowest BCUT2D eigenvalue weighted by atomic mass is 9.99. The normalized spacial score (nSPS) is 13.4. The molecular weight excluding hydrogens is 323 g/mol. The van der Waals surface area contributed by atoms with Crippen LogP contribution in [0.2, 0.25) is 0 Å². The second-order valence-corrected chi connectivity index (χ2v) is 6.01. The van der Waals surface area contributed by atoms with Gasteiger partial charge in [0.15, 0.2) is 0 Å². The van der Waals surface area contributed by atoms with Crippen molar-refractivity contribution in [3.8, 4) is 0 Å². The third-order valence-corrected chi connectivity index (χ3v) is 4.54. The van der Waals surface area contributed by atoms with Crippen molar-refractivity contribution in [2.24, 2.45) is 0 Å². The lowest BCUT2D eigenvalue weighted by Crippen LogP contribution is -2.29. The number of nitrogens with zero attached hydrogens (tertiary/aromatic N) is 1. The van der Waals surface area contributed by atoms with Gasteiger partial charge in [0, 0.05) is 6.54 Å². The molecule has 1 aromatic carbocycles. The Balaban J connectivity index is 1.98. The van der Waals surface area contributed by atoms with E-state index in [2.05, 4.69) is 20.8 Å². The molecule has 0 bridgehead atoms. The summed E-state index contributed by atoms with van der Waals surface area (Å²) in [6.45, 7) is 5.08. The molecule has 7 heteroatoms. The Kier molecular flexibility index (Phi) is 4.94. The Bertz CT molecular complexity index is 876. The van der Waals surface area contributed by atoms with Gasteiger partial charge in [0.2, 0.25) is 0 Å². The largest absolute Gasteiger partial charge is 0.319 e. The number of nitrogens with one attached hydrogen (secondary N) is 3. The molecule has 6 nitrogen and oxygen atoms in total. The second-order valence-electron chi connectivity index (χ2n) is 6.01. The molecular formula is C18H21FN4O2. The van der Waals surface area contributed by atoms with Crippen LogP contribution in [0.1, 0.15) is 46.6 Å². The number of amides is 1. The zero-order chi connectivity index (χ0) is 18.0. The Morgan fingerprint density at radius 3 is 2.84 bits per heavy atom. The Morgan fingerprint density at radius 2 is 2.12 bits per heavy atom. The fourth-order valence-electron chi connectivity index (χ4n) is 3.25. The smallest absolute Gasteiger partial charge is 0.277 e. The zero-order valence-corrected chi connectivity index (χ0v) is 14.3. The summed E-state index contributed by atoms with van der Waals surface area (Å²) in [7, 11) is 0. The standard InChI is InChI=1S/C18H21FN4O2/c1-3-11-13(4-2)22-23-18(25)15(11)17(24)21-14-6-5-10-9-20-8-7-12(10)16(14)19/h5-6,20H,3-4,7-9H2,1-2H3,(H,21,24)(H,23,25). The fourth-order valence-corrected chi connectivity index (χ4v) is 3.25. The summed E-state index contributed by atoms with van der Waals surface area (Å²) in [6, 6.07) is 3.34. The van der Waals surface area contributed by atoms with Gasteiger partial charge in [-0.2, -0.15) is 5.10 Å². The van der Waals surface area contributed by atoms with E-state index >= 15 is 0 Å². The van der Waals surface area contributed by atoms with Crippen LogP contribution in [0.5, 0.6) is 0 Å². The minimum absolute atomic E-state index is 0.00753. The summed E-state index contributed by atoms with van der Waals surface area (Å²) in [5, 5.41) is 12.1. The summed E-state index contributed by atoms with van der Waals surface area (Å²) in [5.41, 5.74) is 2.33. The van der Waals surface area contributed by atoms with Crippen LogP contribution in [0.3, 0.4) is 0 Å². The summed E-state index contributed by atoms with van der Waals surface area (Å²) in [5.74, 6) is -1.03. The number of halogens is 1. The molecule has 1 aliphatic heterocycles. The lowest BCUT2D eigenvalue weighted by molar-refractivity contribution is 0.102. The van der Waals surface area contributed by atoms with Crippen molar-refractivity contribution in [2.45, 2.75) is 39.7 Å². The third kappa shape index (κ3) is 3.19. The first kappa shape index (κ1) is 17.3. The van der Waals surface area contributed by atoms with Crippen LogP contribution in [0.4, 0.5) is 10.1 Å². The molecule has 0 unspecified atom stereocenters. The van der Waals surface area contributed by atoms with Gasteiger partial charge in [0.1, 0.15) is 11.4 Å². The SMILES string of the molecule is CCc1n[nH]c(=O)c(C(=O)Nc2ccc3c(c2F)CCNC3)c1CC. The van der Waals surface area contributed by atoms with Crippen molar-refractivity contribution < 1.29 is 9.18 Å². The molecule has 3 N–H and O–H groups in total. The highest BCUT2D eigenvalue weighted by atomic mass is 19.1. The van der Waals surface area contributed by atoms with Crippen molar-refractivity contribution in [1.82, 2.24) is 15.5 Å². The molecule has 0 aliphatic carbocycles. The first-order chi connectivity index (χ1) is 12.1. The molecule has 1 aromatic heterocycles. The number of benzene rings is 1. The van der Waals surface area contributed by atoms with Crippen LogP contribution in [0.15, 0.2) is 16.9 Å². The monoisotopic (exact) mass is 344 g/mol. The van der Waals surface area contributed by atoms with Crippen molar-refractivity contribution in [2.75, 3.05) is 11.9 Å². The van der Waals surface area contributed by atoms with Crippen molar-refractivity contribution in [1.29, 1.82) is 0 Å². The van der Waals surface area contributed by atoms with E-state index in [-0.39, 0.29) is 11.3 Å². The van der Waals surface area contributed by atoms with Gasteiger partial charge in [-0.25, -0.2) is 9.49 Å². The summed E-state index contributed by atoms with van der Waals surface area (Å²) >= 11 is 0. The van der Waals surface area contributed by atoms with Crippen molar-refractivity contribution >= 4 is 11.6 Å². The number of aryl methyl sites for hydroxylation is 1. The van der Waals surface area contributed by atoms with Gasteiger partial charge >= 0.3 is 0 Å². The van der Waals surface area contributed by atoms with Gasteiger partial charge in [0.05, 0.1) is 11.4 Å². The summed E-state index contributed by atoms with van der Waals surface area (Å²) < 4.78 is 14.7. The number of fused-ring (bicyclic) bond motifs is 1. The highest BCUT2D eigenvalue weighted by molar-refractivity contribution is 6.05. The molecule has 1 amide bonds. The molecule has 0 radical (unpaired) electrons. The van der Waals surface area contributed by atoms with Crippen LogP contribution < -0.4 is 16.2 Å². The molecule has 0 fully saturated rings. The highest BCUT2D eigenvalue weighted by Gasteiger charge is 2.22. The first-order valence-corrected chi connectivity index (χ1v) is 8.49. The number of carbonyl (C=O) groups excluding carboxylic acids is 1. The maximum Gasteiger partial charge on any atom is 0.277 e. The number of hydrogen-bond acceptors (Lipinski definition) is 4. The minimum Gasteiger partial charge on any atom is -0.319 e. The van der Waals surface area contributed by atoms with E-state index in [1.54, 1.807) is 12.1 Å². The topological polar surface area (TPSA) is 86.9 Å². The summed E-state index contributed by atoms with van der Waals surface area (Å²) in [6.07, 6.45) is 1.67. The summed E-state index contributed by atoms with van der Waals surface area (Å²) in [4.78, 5) is 24.8. The Hall–Kier alpha value is -2.54. The third-order valence-electron chi connectivity index (χ3n) is 4.54. The molecule has 2 aromatic rings. The average Bonchev–Trinajstić information content (AvgIpc) is 2.63. The fraction of sp³-hybridized carbons (Fsp3) is 0.389. The maximum absolute atomic E-state index is 14.7. The Labute approximate surface area is 144 Å². The molecule has 2 heterocycles. The van der Waals surface area contributed by atoms with Crippen LogP contribution in [-0.4, -0.2) is 22.6 Å². The van der Waals surface area contributed by atoms with E-state index in [4.69, 9.17) is 0 Å². The maximum atomic E-state index is 14.7. The highest BCUT2D eigenvalue weighted by Crippen LogP contribution is 2.25. The van der Waals surface area contributed by atoms with E-state index in [0.29, 0.717) is 49.2 Å². The molecule has 0 atom stereocenters. The van der Waals surface area contributed by atoms with Crippen LogP contribution in [0, 0.1) is 5.82 Å². The number of aromatic amines is 1. The van der Waals surface area contributed by atoms with Crippen LogP contribution in [-0.2, 0) is 25.8 Å². The quantitative estimate of drug-likeness (QED) is 0.791. The molecule has 3 rings (SSSR count). The van der Waals surface area contributed by atoms with Gasteiger partial charge in [-0.3, -0.25) is 9.59 Å². The van der Waals surface area contributed by atoms with E-state index < -0.39 is 17.3 Å². The zero-order valence-electron chi connectivity index (χ0n) is 14.3. The van der Waals surface area contributed by atoms with E-state index in [1.165, 1.54) is 0 Å². The Morgan fingerprint density at radius 1 is 1.32 bits per heavy atom. The number of aromatic nitrogens is 2. The van der Waals surface area contributed by atoms with E-state index in [9.17, 15) is 14.0 Å². The van der Waals surface area contributed by atoms with Crippen LogP contribution in [0.25, 0.3) is 0 Å². The predicted octanol–water partition coefficient (Wildman–Crippen LogP) is 1.93. The van der Waals surface area contributed by atoms with Gasteiger partial charge in [-0.05, 0) is 48.6 Å². The van der Waals surface area contributed by atoms with Gasteiger partial charge in [-0.15, -0.1) is 0 Å². The van der Waals surface area contributed by atoms with Crippen molar-refractivity contribution in [3.63, 3.8) is 0 Å². The molecule has 0 spiro atoms. The second kappa shape index (κ2) is 7.14. The number of carbonyl (C=O) groups is 1. The van der Waals surface area contributed by atoms with Crippen LogP contribution >= 0.6 is 0 Å². The molecule has 25 heavy (non-hydrogen) atoms. The number of anilines is 1. The van der Waals surface area contributed by atoms with E-state index in [0.717, 1.165) is 5.56 Å². The van der Waals surface area contributed by atoms with Gasteiger partial charge in [0.25, 0.3) is 11.5 Å². The average molecular weight is 344 g/mol. The van der Waals surface area contributed by atoms with E-state index in [1.807, 2.05) is 13.8 Å². The minimum atomic E-state index is -0.608. The van der Waals surface area contributed by atoms with Gasteiger partial charge < -0.3 is 10.6 Å². The molecule has 0 saturated carbocycles. The predicted molar refractivity (Wildman–Crippen MR) is 93.4 cm³/mol. The molecule has 1 aliphatic rings. The molecule has 0 saturated heterocycles.